The fourth-order valence-electron chi connectivity index (χ4n) is 10.2. The van der Waals surface area contributed by atoms with Gasteiger partial charge in [0.25, 0.3) is 0 Å². The third-order valence-corrected chi connectivity index (χ3v) is 14.1. The van der Waals surface area contributed by atoms with E-state index in [-0.39, 0.29) is 5.41 Å². The molecule has 0 aliphatic heterocycles. The Balaban J connectivity index is 1.04. The van der Waals surface area contributed by atoms with Crippen molar-refractivity contribution < 1.29 is 0 Å². The summed E-state index contributed by atoms with van der Waals surface area (Å²) in [6, 6.07) is 59.6. The maximum absolute atomic E-state index is 2.52. The van der Waals surface area contributed by atoms with E-state index in [1.54, 1.807) is 0 Å². The van der Waals surface area contributed by atoms with Crippen molar-refractivity contribution in [2.24, 2.45) is 0 Å². The highest BCUT2D eigenvalue weighted by Crippen LogP contribution is 2.54. The molecule has 264 valence electrons. The Morgan fingerprint density at radius 1 is 0.464 bits per heavy atom. The van der Waals surface area contributed by atoms with Gasteiger partial charge in [0.2, 0.25) is 0 Å². The van der Waals surface area contributed by atoms with Crippen molar-refractivity contribution in [2.75, 3.05) is 0 Å². The molecule has 2 aliphatic rings. The first-order valence-corrected chi connectivity index (χ1v) is 20.7. The summed E-state index contributed by atoms with van der Waals surface area (Å²) in [5.41, 5.74) is 14.7. The minimum absolute atomic E-state index is 0.127. The van der Waals surface area contributed by atoms with Crippen molar-refractivity contribution in [3.05, 3.63) is 185 Å². The molecule has 0 saturated carbocycles. The summed E-state index contributed by atoms with van der Waals surface area (Å²) in [6.07, 6.45) is 6.93. The van der Waals surface area contributed by atoms with E-state index >= 15 is 0 Å². The predicted molar refractivity (Wildman–Crippen MR) is 243 cm³/mol. The molecule has 2 aliphatic carbocycles. The lowest BCUT2D eigenvalue weighted by molar-refractivity contribution is 0.661. The Labute approximate surface area is 331 Å². The Hall–Kier alpha value is -6.28. The van der Waals surface area contributed by atoms with Gasteiger partial charge < -0.3 is 0 Å². The highest BCUT2D eigenvalue weighted by molar-refractivity contribution is 7.20. The first-order valence-electron chi connectivity index (χ1n) is 19.9. The van der Waals surface area contributed by atoms with Crippen LogP contribution in [0.25, 0.3) is 104 Å². The topological polar surface area (TPSA) is 0 Å². The zero-order valence-corrected chi connectivity index (χ0v) is 32.3. The van der Waals surface area contributed by atoms with Crippen molar-refractivity contribution >= 4 is 70.6 Å². The van der Waals surface area contributed by atoms with Crippen LogP contribution in [0.5, 0.6) is 0 Å². The number of benzene rings is 9. The smallest absolute Gasteiger partial charge is 0.0358 e. The van der Waals surface area contributed by atoms with Crippen LogP contribution in [-0.4, -0.2) is 0 Å². The number of fused-ring (bicyclic) bond motifs is 12. The summed E-state index contributed by atoms with van der Waals surface area (Å²) in [6.45, 7) is 4.84. The number of rotatable bonds is 3. The van der Waals surface area contributed by atoms with Gasteiger partial charge >= 0.3 is 0 Å². The Bertz CT molecular complexity index is 3260. The van der Waals surface area contributed by atoms with E-state index in [0.29, 0.717) is 0 Å². The predicted octanol–water partition coefficient (Wildman–Crippen LogP) is 15.8. The fraction of sp³-hybridized carbons (Fsp3) is 0.0909. The van der Waals surface area contributed by atoms with Crippen LogP contribution >= 0.6 is 11.3 Å². The van der Waals surface area contributed by atoms with Crippen LogP contribution in [0.15, 0.2) is 164 Å². The van der Waals surface area contributed by atoms with Crippen LogP contribution in [0.1, 0.15) is 41.8 Å². The molecule has 0 amide bonds. The second-order valence-electron chi connectivity index (χ2n) is 16.3. The van der Waals surface area contributed by atoms with Crippen LogP contribution in [0, 0.1) is 0 Å². The van der Waals surface area contributed by atoms with Gasteiger partial charge in [-0.1, -0.05) is 153 Å². The van der Waals surface area contributed by atoms with E-state index in [0.717, 1.165) is 12.8 Å². The van der Waals surface area contributed by atoms with Gasteiger partial charge in [-0.25, -0.2) is 0 Å². The number of hydrogen-bond donors (Lipinski definition) is 0. The molecular formula is C55H38S. The minimum atomic E-state index is -0.127. The quantitative estimate of drug-likeness (QED) is 0.159. The van der Waals surface area contributed by atoms with Gasteiger partial charge in [0.1, 0.15) is 0 Å². The number of allylic oxidation sites excluding steroid dienone is 1. The fourth-order valence-corrected chi connectivity index (χ4v) is 11.4. The Kier molecular flexibility index (Phi) is 6.78. The number of thiophene rings is 1. The molecule has 0 unspecified atom stereocenters. The van der Waals surface area contributed by atoms with Gasteiger partial charge in [0.15, 0.2) is 0 Å². The molecule has 0 spiro atoms. The standard InChI is InChI=1S/C55H38S/c1-55(2)47-28-26-44-43(27-29-50-54(44)46-18-10-11-19-49(46)56-50)53(47)45-25-24-38(32-48(45)55)52-41-16-8-6-14-39(41)51(40-15-7-9-17-42(40)52)37-23-22-35-30-34(20-21-36(35)31-37)33-12-4-3-5-13-33/h3-9,11-17,19-32H,10,18H2,1-2H3. The van der Waals surface area contributed by atoms with Gasteiger partial charge in [0.05, 0.1) is 0 Å². The number of aryl methyl sites for hydroxylation is 1. The average Bonchev–Trinajstić information content (AvgIpc) is 3.74. The summed E-state index contributed by atoms with van der Waals surface area (Å²) in [7, 11) is 0. The van der Waals surface area contributed by atoms with Crippen molar-refractivity contribution in [1.29, 1.82) is 0 Å². The molecule has 0 N–H and O–H groups in total. The molecule has 0 nitrogen and oxygen atoms in total. The SMILES string of the molecule is CC1(C)c2cc(-c3c4ccccc4c(-c4ccc5cc(-c6ccccc6)ccc5c4)c4ccccc34)ccc2-c2c1ccc1c2ccc2sc3c(c21)CCC=C3. The Morgan fingerprint density at radius 3 is 1.77 bits per heavy atom. The lowest BCUT2D eigenvalue weighted by Crippen LogP contribution is -2.15. The van der Waals surface area contributed by atoms with E-state index in [1.807, 2.05) is 11.3 Å². The van der Waals surface area contributed by atoms with Crippen LogP contribution in [0.4, 0.5) is 0 Å². The molecule has 1 heteroatoms. The molecule has 0 bridgehead atoms. The van der Waals surface area contributed by atoms with Crippen molar-refractivity contribution in [2.45, 2.75) is 32.1 Å². The highest BCUT2D eigenvalue weighted by Gasteiger charge is 2.37. The van der Waals surface area contributed by atoms with E-state index in [4.69, 9.17) is 0 Å². The first kappa shape index (κ1) is 32.0. The van der Waals surface area contributed by atoms with E-state index in [2.05, 4.69) is 184 Å². The zero-order valence-electron chi connectivity index (χ0n) is 31.5. The van der Waals surface area contributed by atoms with Crippen molar-refractivity contribution in [3.8, 4) is 44.5 Å². The molecule has 1 heterocycles. The summed E-state index contributed by atoms with van der Waals surface area (Å²) < 4.78 is 1.41. The molecule has 0 fully saturated rings. The third-order valence-electron chi connectivity index (χ3n) is 12.9. The third kappa shape index (κ3) is 4.53. The summed E-state index contributed by atoms with van der Waals surface area (Å²) in [4.78, 5) is 1.44. The Morgan fingerprint density at radius 2 is 1.05 bits per heavy atom. The molecule has 0 saturated heterocycles. The second-order valence-corrected chi connectivity index (χ2v) is 17.4. The van der Waals surface area contributed by atoms with Crippen LogP contribution in [-0.2, 0) is 11.8 Å². The second kappa shape index (κ2) is 11.9. The summed E-state index contributed by atoms with van der Waals surface area (Å²) in [5, 5.41) is 11.9. The average molecular weight is 731 g/mol. The van der Waals surface area contributed by atoms with E-state index in [1.165, 1.54) is 119 Å². The van der Waals surface area contributed by atoms with E-state index in [9.17, 15) is 0 Å². The molecule has 12 rings (SSSR count). The van der Waals surface area contributed by atoms with Crippen LogP contribution in [0.3, 0.4) is 0 Å². The van der Waals surface area contributed by atoms with Crippen LogP contribution < -0.4 is 0 Å². The van der Waals surface area contributed by atoms with Crippen molar-refractivity contribution in [3.63, 3.8) is 0 Å². The lowest BCUT2D eigenvalue weighted by Gasteiger charge is -2.23. The molecule has 1 aromatic heterocycles. The monoisotopic (exact) mass is 730 g/mol. The van der Waals surface area contributed by atoms with E-state index < -0.39 is 0 Å². The summed E-state index contributed by atoms with van der Waals surface area (Å²) >= 11 is 1.95. The maximum atomic E-state index is 2.52. The molecule has 56 heavy (non-hydrogen) atoms. The summed E-state index contributed by atoms with van der Waals surface area (Å²) in [5.74, 6) is 0. The first-order chi connectivity index (χ1) is 27.5. The van der Waals surface area contributed by atoms with Gasteiger partial charge in [0, 0.05) is 20.4 Å². The molecule has 9 aromatic carbocycles. The molecular weight excluding hydrogens is 693 g/mol. The number of hydrogen-bond acceptors (Lipinski definition) is 1. The van der Waals surface area contributed by atoms with Gasteiger partial charge in [-0.3, -0.25) is 0 Å². The van der Waals surface area contributed by atoms with Gasteiger partial charge in [-0.15, -0.1) is 11.3 Å². The zero-order chi connectivity index (χ0) is 37.1. The minimum Gasteiger partial charge on any atom is -0.136 e. The molecule has 10 aromatic rings. The maximum Gasteiger partial charge on any atom is 0.0358 e. The largest absolute Gasteiger partial charge is 0.136 e. The van der Waals surface area contributed by atoms with Gasteiger partial charge in [-0.05, 0) is 147 Å². The normalized spacial score (nSPS) is 14.2. The highest BCUT2D eigenvalue weighted by atomic mass is 32.1. The van der Waals surface area contributed by atoms with Crippen molar-refractivity contribution in [1.82, 2.24) is 0 Å². The van der Waals surface area contributed by atoms with Gasteiger partial charge in [-0.2, -0.15) is 0 Å². The molecule has 0 atom stereocenters. The van der Waals surface area contributed by atoms with Crippen LogP contribution in [0.2, 0.25) is 0 Å². The molecule has 0 radical (unpaired) electrons. The lowest BCUT2D eigenvalue weighted by atomic mass is 9.80.